The van der Waals surface area contributed by atoms with Crippen molar-refractivity contribution in [1.82, 2.24) is 19.9 Å². The smallest absolute Gasteiger partial charge is 0.433 e. The minimum atomic E-state index is -4.57. The molecule has 6 heterocycles. The van der Waals surface area contributed by atoms with E-state index in [2.05, 4.69) is 15.0 Å². The van der Waals surface area contributed by atoms with Crippen LogP contribution in [-0.4, -0.2) is 38.4 Å². The van der Waals surface area contributed by atoms with Gasteiger partial charge in [0.1, 0.15) is 23.3 Å². The molecule has 2 N–H and O–H groups in total. The van der Waals surface area contributed by atoms with Gasteiger partial charge in [-0.3, -0.25) is 4.79 Å². The zero-order valence-corrected chi connectivity index (χ0v) is 17.2. The number of hydrogen-bond donors (Lipinski definition) is 1. The molecule has 8 nitrogen and oxygen atoms in total. The number of carbonyl (C=O) groups is 1. The highest BCUT2D eigenvalue weighted by Gasteiger charge is 2.42. The molecule has 3 aliphatic heterocycles. The van der Waals surface area contributed by atoms with Crippen molar-refractivity contribution in [1.29, 1.82) is 0 Å². The zero-order valence-electron chi connectivity index (χ0n) is 17.2. The summed E-state index contributed by atoms with van der Waals surface area (Å²) in [6.07, 6.45) is -2.37. The van der Waals surface area contributed by atoms with Gasteiger partial charge in [0.2, 0.25) is 5.88 Å². The fourth-order valence-electron chi connectivity index (χ4n) is 4.83. The van der Waals surface area contributed by atoms with Gasteiger partial charge < -0.3 is 20.1 Å². The molecule has 6 rings (SSSR count). The number of nitrogen functional groups attached to an aromatic ring is 1. The number of nitrogens with two attached hydrogens (primary N) is 1. The van der Waals surface area contributed by atoms with Crippen LogP contribution in [-0.2, 0) is 24.1 Å². The maximum Gasteiger partial charge on any atom is 0.433 e. The van der Waals surface area contributed by atoms with Gasteiger partial charge in [-0.15, -0.1) is 0 Å². The molecule has 3 aromatic heterocycles. The Morgan fingerprint density at radius 2 is 2.00 bits per heavy atom. The quantitative estimate of drug-likeness (QED) is 0.597. The first-order valence-corrected chi connectivity index (χ1v) is 10.5. The molecule has 0 unspecified atom stereocenters. The molecule has 11 heteroatoms. The molecule has 2 bridgehead atoms. The van der Waals surface area contributed by atoms with E-state index in [0.29, 0.717) is 49.5 Å². The second kappa shape index (κ2) is 7.01. The van der Waals surface area contributed by atoms with Crippen LogP contribution in [0.25, 0.3) is 10.9 Å². The maximum absolute atomic E-state index is 13.5. The first-order valence-electron chi connectivity index (χ1n) is 10.5. The topological polar surface area (TPSA) is 103 Å². The normalized spacial score (nSPS) is 21.5. The summed E-state index contributed by atoms with van der Waals surface area (Å²) >= 11 is 0. The predicted molar refractivity (Wildman–Crippen MR) is 109 cm³/mol. The van der Waals surface area contributed by atoms with Crippen molar-refractivity contribution in [2.45, 2.75) is 44.4 Å². The number of aromatic nitrogens is 3. The summed E-state index contributed by atoms with van der Waals surface area (Å²) in [6.45, 7) is 1.15. The highest BCUT2D eigenvalue weighted by molar-refractivity contribution is 5.97. The molecular formula is C22H18F3N5O3. The van der Waals surface area contributed by atoms with E-state index in [-0.39, 0.29) is 23.6 Å². The molecule has 2 atom stereocenters. The number of halogens is 3. The Hall–Kier alpha value is -3.47. The number of nitrogens with zero attached hydrogens (tertiary/aromatic N) is 4. The average Bonchev–Trinajstić information content (AvgIpc) is 3.29. The molecular weight excluding hydrogens is 439 g/mol. The molecule has 3 aromatic rings. The van der Waals surface area contributed by atoms with Crippen molar-refractivity contribution in [3.63, 3.8) is 0 Å². The summed E-state index contributed by atoms with van der Waals surface area (Å²) in [5, 5.41) is 0.758. The van der Waals surface area contributed by atoms with Gasteiger partial charge in [0, 0.05) is 35.9 Å². The van der Waals surface area contributed by atoms with Gasteiger partial charge in [-0.05, 0) is 23.8 Å². The van der Waals surface area contributed by atoms with Gasteiger partial charge in [0.05, 0.1) is 31.0 Å². The predicted octanol–water partition coefficient (Wildman–Crippen LogP) is 3.39. The second-order valence-electron chi connectivity index (χ2n) is 8.40. The second-order valence-corrected chi connectivity index (χ2v) is 8.40. The standard InChI is InChI=1S/C22H18F3N5O3/c23-22(24,25)18-2-1-11-17-5-10(33-20(11)29-18)3-4-30(17)21(31)15-6-12-13-8-32-9-14(13)19(26)28-16(12)7-27-15/h1-2,6-7,10,17H,3-5,8-9H2,(H2,26,28)/t10-,17+/m0/s1. The summed E-state index contributed by atoms with van der Waals surface area (Å²) in [6, 6.07) is 3.52. The first-order chi connectivity index (χ1) is 15.8. The Balaban J connectivity index is 1.37. The van der Waals surface area contributed by atoms with Crippen LogP contribution in [0.15, 0.2) is 24.4 Å². The largest absolute Gasteiger partial charge is 0.474 e. The van der Waals surface area contributed by atoms with Crippen LogP contribution in [0.5, 0.6) is 5.88 Å². The lowest BCUT2D eigenvalue weighted by atomic mass is 9.90. The molecule has 1 saturated heterocycles. The Bertz CT molecular complexity index is 1310. The monoisotopic (exact) mass is 457 g/mol. The number of rotatable bonds is 1. The molecule has 3 aliphatic rings. The lowest BCUT2D eigenvalue weighted by Gasteiger charge is -2.43. The first kappa shape index (κ1) is 20.2. The maximum atomic E-state index is 13.5. The van der Waals surface area contributed by atoms with Crippen LogP contribution >= 0.6 is 0 Å². The van der Waals surface area contributed by atoms with Crippen molar-refractivity contribution < 1.29 is 27.4 Å². The third-order valence-electron chi connectivity index (χ3n) is 6.47. The minimum absolute atomic E-state index is 0.0651. The van der Waals surface area contributed by atoms with Crippen molar-refractivity contribution in [3.8, 4) is 5.88 Å². The van der Waals surface area contributed by atoms with E-state index in [1.807, 2.05) is 0 Å². The van der Waals surface area contributed by atoms with E-state index in [4.69, 9.17) is 15.2 Å². The molecule has 1 fully saturated rings. The third kappa shape index (κ3) is 3.17. The van der Waals surface area contributed by atoms with Crippen LogP contribution in [0.1, 0.15) is 51.8 Å². The number of hydrogen-bond acceptors (Lipinski definition) is 7. The van der Waals surface area contributed by atoms with Crippen LogP contribution in [0, 0.1) is 0 Å². The molecule has 0 aromatic carbocycles. The van der Waals surface area contributed by atoms with Gasteiger partial charge in [-0.1, -0.05) is 0 Å². The van der Waals surface area contributed by atoms with Crippen LogP contribution < -0.4 is 10.5 Å². The number of fused-ring (bicyclic) bond motifs is 7. The summed E-state index contributed by atoms with van der Waals surface area (Å²) in [5.41, 5.74) is 7.98. The fourth-order valence-corrected chi connectivity index (χ4v) is 4.83. The number of piperidine rings is 1. The molecule has 0 spiro atoms. The highest BCUT2D eigenvalue weighted by atomic mass is 19.4. The Morgan fingerprint density at radius 3 is 2.82 bits per heavy atom. The van der Waals surface area contributed by atoms with Gasteiger partial charge in [-0.2, -0.15) is 13.2 Å². The Morgan fingerprint density at radius 1 is 1.18 bits per heavy atom. The lowest BCUT2D eigenvalue weighted by Crippen LogP contribution is -2.47. The third-order valence-corrected chi connectivity index (χ3v) is 6.47. The molecule has 0 saturated carbocycles. The van der Waals surface area contributed by atoms with Gasteiger partial charge >= 0.3 is 6.18 Å². The molecule has 0 radical (unpaired) electrons. The van der Waals surface area contributed by atoms with Crippen LogP contribution in [0.4, 0.5) is 19.0 Å². The molecule has 170 valence electrons. The summed E-state index contributed by atoms with van der Waals surface area (Å²) in [5.74, 6) is 0.0183. The number of pyridine rings is 3. The number of alkyl halides is 3. The molecule has 0 aliphatic carbocycles. The number of carbonyl (C=O) groups excluding carboxylic acids is 1. The Labute approximate surface area is 185 Å². The van der Waals surface area contributed by atoms with E-state index in [0.717, 1.165) is 22.6 Å². The highest BCUT2D eigenvalue weighted by Crippen LogP contribution is 2.43. The Kier molecular flexibility index (Phi) is 4.28. The fraction of sp³-hybridized carbons (Fsp3) is 0.364. The van der Waals surface area contributed by atoms with E-state index in [9.17, 15) is 18.0 Å². The number of anilines is 1. The van der Waals surface area contributed by atoms with E-state index < -0.39 is 17.9 Å². The average molecular weight is 457 g/mol. The van der Waals surface area contributed by atoms with Gasteiger partial charge in [0.25, 0.3) is 5.91 Å². The molecule has 33 heavy (non-hydrogen) atoms. The van der Waals surface area contributed by atoms with Crippen molar-refractivity contribution in [3.05, 3.63) is 52.5 Å². The SMILES string of the molecule is Nc1nc2cnc(C(=O)N3CC[C@H]4C[C@@H]3c3ccc(C(F)(F)F)nc3O4)cc2c2c1COC2. The number of amides is 1. The summed E-state index contributed by atoms with van der Waals surface area (Å²) < 4.78 is 50.5. The molecule has 1 amide bonds. The lowest BCUT2D eigenvalue weighted by molar-refractivity contribution is -0.141. The number of likely N-dealkylation sites (tertiary alicyclic amines) is 1. The van der Waals surface area contributed by atoms with Gasteiger partial charge in [0.15, 0.2) is 0 Å². The summed E-state index contributed by atoms with van der Waals surface area (Å²) in [7, 11) is 0. The number of ether oxygens (including phenoxy) is 2. The zero-order chi connectivity index (χ0) is 22.9. The van der Waals surface area contributed by atoms with E-state index in [1.54, 1.807) is 11.0 Å². The van der Waals surface area contributed by atoms with Crippen LogP contribution in [0.2, 0.25) is 0 Å². The van der Waals surface area contributed by atoms with Crippen molar-refractivity contribution in [2.75, 3.05) is 12.3 Å². The van der Waals surface area contributed by atoms with Crippen molar-refractivity contribution >= 4 is 22.6 Å². The van der Waals surface area contributed by atoms with Crippen LogP contribution in [0.3, 0.4) is 0 Å². The van der Waals surface area contributed by atoms with Crippen molar-refractivity contribution in [2.24, 2.45) is 0 Å². The minimum Gasteiger partial charge on any atom is -0.474 e. The summed E-state index contributed by atoms with van der Waals surface area (Å²) in [4.78, 5) is 27.5. The van der Waals surface area contributed by atoms with Gasteiger partial charge in [-0.25, -0.2) is 15.0 Å². The van der Waals surface area contributed by atoms with E-state index in [1.165, 1.54) is 12.3 Å². The van der Waals surface area contributed by atoms with E-state index >= 15 is 0 Å².